The van der Waals surface area contributed by atoms with E-state index in [1.165, 1.54) is 21.9 Å². The molecule has 1 aliphatic rings. The molecule has 2 rings (SSSR count). The Balaban J connectivity index is 2.33. The Kier molecular flexibility index (Phi) is 6.85. The summed E-state index contributed by atoms with van der Waals surface area (Å²) in [6, 6.07) is -1.29. The van der Waals surface area contributed by atoms with Crippen LogP contribution in [0.4, 0.5) is 4.79 Å². The topological polar surface area (TPSA) is 98.6 Å². The van der Waals surface area contributed by atoms with Gasteiger partial charge in [-0.15, -0.1) is 0 Å². The first-order valence-corrected chi connectivity index (χ1v) is 12.6. The molecule has 0 saturated carbocycles. The molecule has 8 nitrogen and oxygen atoms in total. The molecule has 0 aliphatic carbocycles. The van der Waals surface area contributed by atoms with Crippen molar-refractivity contribution >= 4 is 31.9 Å². The van der Waals surface area contributed by atoms with E-state index in [1.807, 2.05) is 0 Å². The smallest absolute Gasteiger partial charge is 0.462 e. The largest absolute Gasteiger partial charge is 0.499 e. The summed E-state index contributed by atoms with van der Waals surface area (Å²) in [5.41, 5.74) is 6.37. The molecule has 2 atom stereocenters. The summed E-state index contributed by atoms with van der Waals surface area (Å²) in [6.07, 6.45) is 2.42. The first kappa shape index (κ1) is 22.7. The summed E-state index contributed by atoms with van der Waals surface area (Å²) >= 11 is 5.94. The molecule has 1 aromatic heterocycles. The van der Waals surface area contributed by atoms with Gasteiger partial charge in [0.05, 0.1) is 18.9 Å². The molecule has 0 aromatic carbocycles. The lowest BCUT2D eigenvalue weighted by atomic mass is 10.2. The van der Waals surface area contributed by atoms with E-state index < -0.39 is 26.4 Å². The van der Waals surface area contributed by atoms with Crippen LogP contribution in [0.3, 0.4) is 0 Å². The second-order valence-corrected chi connectivity index (χ2v) is 13.5. The maximum Gasteiger partial charge on any atom is 0.499 e. The average Bonchev–Trinajstić information content (AvgIpc) is 2.85. The summed E-state index contributed by atoms with van der Waals surface area (Å²) in [4.78, 5) is 31.0. The van der Waals surface area contributed by atoms with Gasteiger partial charge in [-0.05, 0) is 25.1 Å². The summed E-state index contributed by atoms with van der Waals surface area (Å²) in [5, 5.41) is 0.153. The highest BCUT2D eigenvalue weighted by molar-refractivity contribution is 6.74. The average molecular weight is 430 g/mol. The molecule has 0 saturated heterocycles. The lowest BCUT2D eigenvalue weighted by molar-refractivity contribution is -0.573. The highest BCUT2D eigenvalue weighted by Gasteiger charge is 2.52. The zero-order chi connectivity index (χ0) is 21.3. The van der Waals surface area contributed by atoms with Crippen molar-refractivity contribution in [2.45, 2.75) is 58.0 Å². The Morgan fingerprint density at radius 3 is 2.64 bits per heavy atom. The predicted molar refractivity (Wildman–Crippen MR) is 107 cm³/mol. The number of halogens is 1. The Labute approximate surface area is 172 Å². The number of esters is 1. The molecule has 0 radical (unpaired) electrons. The van der Waals surface area contributed by atoms with Gasteiger partial charge in [0.1, 0.15) is 12.7 Å². The van der Waals surface area contributed by atoms with Crippen LogP contribution in [0.2, 0.25) is 23.3 Å². The van der Waals surface area contributed by atoms with Gasteiger partial charge in [0.15, 0.2) is 19.2 Å². The first-order chi connectivity index (χ1) is 12.9. The molecule has 2 N–H and O–H groups in total. The lowest BCUT2D eigenvalue weighted by Crippen LogP contribution is -2.52. The molecule has 10 heteroatoms. The van der Waals surface area contributed by atoms with Crippen molar-refractivity contribution in [2.75, 3.05) is 19.7 Å². The normalized spacial score (nSPS) is 18.2. The molecular formula is C18H30ClN4O4Si+. The van der Waals surface area contributed by atoms with E-state index in [1.54, 1.807) is 6.92 Å². The summed E-state index contributed by atoms with van der Waals surface area (Å²) in [7, 11) is -2.11. The third-order valence-corrected chi connectivity index (χ3v) is 10.0. The van der Waals surface area contributed by atoms with Gasteiger partial charge < -0.3 is 14.9 Å². The number of carbonyl (C=O) groups is 2. The molecule has 0 bridgehead atoms. The minimum absolute atomic E-state index is 0.00879. The standard InChI is InChI=1S/C18H30ClN4O4Si/c1-7-26-16(24)15-13-9-21-14(19)11-22(13)17(25)23(15)10-12(8-20)27-28(5,6)18(2,3)4/h9,11-12,15H,7-8,10,20H2,1-6H3/q+1. The summed E-state index contributed by atoms with van der Waals surface area (Å²) in [5.74, 6) is -0.519. The second-order valence-electron chi connectivity index (χ2n) is 8.33. The third kappa shape index (κ3) is 4.53. The lowest BCUT2D eigenvalue weighted by Gasteiger charge is -2.39. The van der Waals surface area contributed by atoms with Gasteiger partial charge >= 0.3 is 12.0 Å². The van der Waals surface area contributed by atoms with E-state index in [0.29, 0.717) is 5.69 Å². The molecule has 156 valence electrons. The maximum atomic E-state index is 13.0. The zero-order valence-electron chi connectivity index (χ0n) is 17.4. The molecule has 28 heavy (non-hydrogen) atoms. The Morgan fingerprint density at radius 1 is 1.46 bits per heavy atom. The van der Waals surface area contributed by atoms with Crippen LogP contribution in [-0.2, 0) is 14.0 Å². The molecule has 1 aromatic rings. The molecule has 1 amide bonds. The Bertz CT molecular complexity index is 754. The second kappa shape index (κ2) is 8.44. The van der Waals surface area contributed by atoms with Gasteiger partial charge in [0.2, 0.25) is 0 Å². The van der Waals surface area contributed by atoms with Gasteiger partial charge in [-0.1, -0.05) is 32.4 Å². The van der Waals surface area contributed by atoms with Crippen molar-refractivity contribution in [3.8, 4) is 0 Å². The van der Waals surface area contributed by atoms with Crippen molar-refractivity contribution in [1.29, 1.82) is 0 Å². The number of aromatic nitrogens is 2. The fourth-order valence-corrected chi connectivity index (χ4v) is 4.31. The Hall–Kier alpha value is -1.55. The van der Waals surface area contributed by atoms with Crippen LogP contribution in [0.5, 0.6) is 0 Å². The van der Waals surface area contributed by atoms with Crippen LogP contribution in [-0.4, -0.2) is 56.0 Å². The van der Waals surface area contributed by atoms with Crippen LogP contribution in [0, 0.1) is 0 Å². The number of rotatable bonds is 7. The van der Waals surface area contributed by atoms with E-state index >= 15 is 0 Å². The Morgan fingerprint density at radius 2 is 2.11 bits per heavy atom. The highest BCUT2D eigenvalue weighted by atomic mass is 35.5. The fourth-order valence-electron chi connectivity index (χ4n) is 2.81. The number of hydrogen-bond donors (Lipinski definition) is 1. The molecule has 1 aliphatic heterocycles. The van der Waals surface area contributed by atoms with Crippen LogP contribution >= 0.6 is 11.6 Å². The van der Waals surface area contributed by atoms with Crippen molar-refractivity contribution in [1.82, 2.24) is 9.88 Å². The number of nitrogens with zero attached hydrogens (tertiary/aromatic N) is 3. The summed E-state index contributed by atoms with van der Waals surface area (Å²) < 4.78 is 12.9. The number of fused-ring (bicyclic) bond motifs is 1. The fraction of sp³-hybridized carbons (Fsp3) is 0.667. The predicted octanol–water partition coefficient (Wildman–Crippen LogP) is 2.26. The molecule has 2 heterocycles. The van der Waals surface area contributed by atoms with E-state index in [-0.39, 0.29) is 35.9 Å². The number of carbonyl (C=O) groups excluding carboxylic acids is 2. The van der Waals surface area contributed by atoms with Crippen LogP contribution in [0.1, 0.15) is 39.4 Å². The first-order valence-electron chi connectivity index (χ1n) is 9.35. The van der Waals surface area contributed by atoms with E-state index in [2.05, 4.69) is 38.8 Å². The molecule has 0 fully saturated rings. The van der Waals surface area contributed by atoms with E-state index in [4.69, 9.17) is 26.5 Å². The van der Waals surface area contributed by atoms with Gasteiger partial charge in [-0.25, -0.2) is 14.7 Å². The zero-order valence-corrected chi connectivity index (χ0v) is 19.1. The van der Waals surface area contributed by atoms with Crippen molar-refractivity contribution in [2.24, 2.45) is 5.73 Å². The van der Waals surface area contributed by atoms with Crippen LogP contribution in [0.25, 0.3) is 0 Å². The van der Waals surface area contributed by atoms with E-state index in [0.717, 1.165) is 0 Å². The van der Waals surface area contributed by atoms with Crippen molar-refractivity contribution in [3.05, 3.63) is 23.2 Å². The number of hydrogen-bond acceptors (Lipinski definition) is 6. The van der Waals surface area contributed by atoms with Crippen molar-refractivity contribution in [3.63, 3.8) is 0 Å². The minimum atomic E-state index is -2.11. The summed E-state index contributed by atoms with van der Waals surface area (Å²) in [6.45, 7) is 13.0. The quantitative estimate of drug-likeness (QED) is 0.405. The van der Waals surface area contributed by atoms with Crippen molar-refractivity contribution < 1.29 is 23.3 Å². The van der Waals surface area contributed by atoms with E-state index in [9.17, 15) is 9.59 Å². The van der Waals surface area contributed by atoms with Gasteiger partial charge in [-0.3, -0.25) is 0 Å². The number of amides is 1. The number of nitrogens with two attached hydrogens (primary N) is 1. The third-order valence-electron chi connectivity index (χ3n) is 5.32. The highest BCUT2D eigenvalue weighted by Crippen LogP contribution is 2.37. The molecular weight excluding hydrogens is 400 g/mol. The van der Waals surface area contributed by atoms with Gasteiger partial charge in [0, 0.05) is 6.54 Å². The van der Waals surface area contributed by atoms with Gasteiger partial charge in [-0.2, -0.15) is 9.36 Å². The molecule has 0 spiro atoms. The molecule has 2 unspecified atom stereocenters. The number of ether oxygens (including phenoxy) is 1. The van der Waals surface area contributed by atoms with Gasteiger partial charge in [0.25, 0.3) is 6.04 Å². The van der Waals surface area contributed by atoms with Crippen LogP contribution in [0.15, 0.2) is 12.4 Å². The monoisotopic (exact) mass is 429 g/mol. The minimum Gasteiger partial charge on any atom is -0.462 e. The van der Waals surface area contributed by atoms with Crippen LogP contribution < -0.4 is 10.3 Å². The maximum absolute atomic E-state index is 13.0. The SMILES string of the molecule is CCOC(=O)C1c2cnc(Cl)c[n+]2C(=O)N1CC(CN)O[Si](C)(C)C(C)(C)C.